The predicted octanol–water partition coefficient (Wildman–Crippen LogP) is 5.52. The van der Waals surface area contributed by atoms with Gasteiger partial charge >= 0.3 is 11.9 Å². The Morgan fingerprint density at radius 1 is 0.750 bits per heavy atom. The molecular formula is C29H34O5P2. The Hall–Kier alpha value is -1.80. The molecule has 4 aliphatic rings. The molecule has 0 N–H and O–H groups in total. The van der Waals surface area contributed by atoms with Crippen LogP contribution in [-0.4, -0.2) is 59.0 Å². The summed E-state index contributed by atoms with van der Waals surface area (Å²) in [6, 6.07) is 18.1. The molecule has 2 saturated carbocycles. The summed E-state index contributed by atoms with van der Waals surface area (Å²) in [6.07, 6.45) is 2.26. The SMILES string of the molecule is CPC12CCC(PC)(C1)C1C2C2(C)OC1(C)C(OC(=O)c1ccccc1)C2OC(=O)c1ccccc1. The van der Waals surface area contributed by atoms with E-state index in [0.717, 1.165) is 17.2 Å². The Balaban J connectivity index is 1.43. The lowest BCUT2D eigenvalue weighted by molar-refractivity contribution is -0.0943. The minimum absolute atomic E-state index is 0.200. The maximum Gasteiger partial charge on any atom is 0.338 e. The third-order valence-corrected chi connectivity index (χ3v) is 13.2. The Morgan fingerprint density at radius 2 is 1.14 bits per heavy atom. The first-order valence-corrected chi connectivity index (χ1v) is 15.8. The van der Waals surface area contributed by atoms with Gasteiger partial charge in [0.2, 0.25) is 0 Å². The first kappa shape index (κ1) is 24.5. The highest BCUT2D eigenvalue weighted by atomic mass is 31.1. The Bertz CT molecular complexity index is 1100. The first-order chi connectivity index (χ1) is 17.2. The van der Waals surface area contributed by atoms with Gasteiger partial charge in [0.05, 0.1) is 11.1 Å². The fraction of sp³-hybridized carbons (Fsp3) is 0.517. The van der Waals surface area contributed by atoms with E-state index in [1.807, 2.05) is 36.4 Å². The summed E-state index contributed by atoms with van der Waals surface area (Å²) in [4.78, 5) is 26.7. The van der Waals surface area contributed by atoms with Crippen molar-refractivity contribution in [2.24, 2.45) is 11.8 Å². The van der Waals surface area contributed by atoms with E-state index in [1.165, 1.54) is 19.3 Å². The second kappa shape index (κ2) is 8.35. The number of hydrogen-bond donors (Lipinski definition) is 0. The molecule has 7 heteroatoms. The number of carbonyl (C=O) groups is 2. The average molecular weight is 525 g/mol. The van der Waals surface area contributed by atoms with Crippen LogP contribution in [0.15, 0.2) is 60.7 Å². The van der Waals surface area contributed by atoms with Crippen LogP contribution in [0, 0.1) is 11.8 Å². The molecule has 2 aromatic carbocycles. The molecule has 36 heavy (non-hydrogen) atoms. The quantitative estimate of drug-likeness (QED) is 0.368. The number of ether oxygens (including phenoxy) is 3. The van der Waals surface area contributed by atoms with Gasteiger partial charge in [0.1, 0.15) is 11.2 Å². The van der Waals surface area contributed by atoms with Crippen LogP contribution in [0.4, 0.5) is 0 Å². The van der Waals surface area contributed by atoms with Crippen molar-refractivity contribution in [1.29, 1.82) is 0 Å². The van der Waals surface area contributed by atoms with Gasteiger partial charge in [0.25, 0.3) is 0 Å². The van der Waals surface area contributed by atoms with Crippen molar-refractivity contribution in [3.05, 3.63) is 71.8 Å². The summed E-state index contributed by atoms with van der Waals surface area (Å²) in [6.45, 7) is 8.88. The number of benzene rings is 2. The third-order valence-electron chi connectivity index (χ3n) is 9.73. The minimum Gasteiger partial charge on any atom is -0.452 e. The summed E-state index contributed by atoms with van der Waals surface area (Å²) in [5, 5.41) is 0.401. The van der Waals surface area contributed by atoms with E-state index in [9.17, 15) is 9.59 Å². The molecule has 190 valence electrons. The Labute approximate surface area is 216 Å². The fourth-order valence-corrected chi connectivity index (χ4v) is 11.8. The third kappa shape index (κ3) is 3.19. The molecule has 0 amide bonds. The van der Waals surface area contributed by atoms with Crippen molar-refractivity contribution in [2.45, 2.75) is 66.8 Å². The normalized spacial score (nSPS) is 42.4. The number of esters is 2. The lowest BCUT2D eigenvalue weighted by atomic mass is 9.59. The van der Waals surface area contributed by atoms with Gasteiger partial charge in [-0.15, -0.1) is 17.2 Å². The van der Waals surface area contributed by atoms with Crippen molar-refractivity contribution < 1.29 is 23.8 Å². The summed E-state index contributed by atoms with van der Waals surface area (Å²) >= 11 is 0. The molecule has 6 rings (SSSR count). The predicted molar refractivity (Wildman–Crippen MR) is 144 cm³/mol. The molecule has 2 aromatic rings. The Kier molecular flexibility index (Phi) is 5.69. The van der Waals surface area contributed by atoms with Crippen molar-refractivity contribution >= 4 is 29.1 Å². The summed E-state index contributed by atoms with van der Waals surface area (Å²) in [7, 11) is 1.59. The van der Waals surface area contributed by atoms with Crippen LogP contribution in [0.5, 0.6) is 0 Å². The maximum atomic E-state index is 13.3. The largest absolute Gasteiger partial charge is 0.452 e. The zero-order valence-electron chi connectivity index (χ0n) is 21.2. The highest BCUT2D eigenvalue weighted by Crippen LogP contribution is 2.80. The average Bonchev–Trinajstić information content (AvgIpc) is 3.58. The second-order valence-corrected chi connectivity index (χ2v) is 14.3. The first-order valence-electron chi connectivity index (χ1n) is 12.8. The molecule has 0 spiro atoms. The molecule has 10 unspecified atom stereocenters. The van der Waals surface area contributed by atoms with E-state index in [0.29, 0.717) is 11.1 Å². The van der Waals surface area contributed by atoms with Crippen molar-refractivity contribution in [3.8, 4) is 0 Å². The molecule has 5 nitrogen and oxygen atoms in total. The van der Waals surface area contributed by atoms with E-state index in [-0.39, 0.29) is 22.1 Å². The van der Waals surface area contributed by atoms with Gasteiger partial charge in [-0.1, -0.05) is 36.4 Å². The lowest BCUT2D eigenvalue weighted by Gasteiger charge is -2.52. The van der Waals surface area contributed by atoms with Crippen molar-refractivity contribution in [2.75, 3.05) is 13.3 Å². The molecule has 2 aliphatic carbocycles. The van der Waals surface area contributed by atoms with Gasteiger partial charge in [-0.25, -0.2) is 9.59 Å². The van der Waals surface area contributed by atoms with Gasteiger partial charge in [-0.2, -0.15) is 0 Å². The highest BCUT2D eigenvalue weighted by Gasteiger charge is 2.85. The summed E-state index contributed by atoms with van der Waals surface area (Å²) in [5.41, 5.74) is -0.442. The lowest BCUT2D eigenvalue weighted by Crippen LogP contribution is -2.64. The van der Waals surface area contributed by atoms with E-state index >= 15 is 0 Å². The van der Waals surface area contributed by atoms with Crippen LogP contribution in [0.25, 0.3) is 0 Å². The summed E-state index contributed by atoms with van der Waals surface area (Å²) < 4.78 is 19.6. The minimum atomic E-state index is -0.712. The molecule has 4 fully saturated rings. The second-order valence-electron chi connectivity index (χ2n) is 11.3. The molecular weight excluding hydrogens is 490 g/mol. The number of fused-ring (bicyclic) bond motifs is 9. The van der Waals surface area contributed by atoms with Crippen LogP contribution in [-0.2, 0) is 14.2 Å². The molecule has 10 atom stereocenters. The molecule has 0 aromatic heterocycles. The van der Waals surface area contributed by atoms with Crippen molar-refractivity contribution in [3.63, 3.8) is 0 Å². The number of hydrogen-bond acceptors (Lipinski definition) is 5. The zero-order chi connectivity index (χ0) is 25.3. The molecule has 2 saturated heterocycles. The van der Waals surface area contributed by atoms with E-state index in [4.69, 9.17) is 14.2 Å². The van der Waals surface area contributed by atoms with Crippen LogP contribution < -0.4 is 0 Å². The van der Waals surface area contributed by atoms with Crippen LogP contribution >= 0.6 is 17.2 Å². The van der Waals surface area contributed by atoms with Gasteiger partial charge < -0.3 is 14.2 Å². The molecule has 4 bridgehead atoms. The standard InChI is InChI=1S/C29H34O5P2/c1-26-20-21(29(36-4)16-15-28(20,17-29)35-3)27(2,34-26)23(33-25(31)19-13-9-6-10-14-19)22(26)32-24(30)18-11-7-5-8-12-18/h5-14,20-23,35-36H,15-17H2,1-4H3. The van der Waals surface area contributed by atoms with E-state index in [1.54, 1.807) is 24.3 Å². The van der Waals surface area contributed by atoms with Crippen LogP contribution in [0.2, 0.25) is 0 Å². The van der Waals surface area contributed by atoms with E-state index in [2.05, 4.69) is 27.2 Å². The summed E-state index contributed by atoms with van der Waals surface area (Å²) in [5.74, 6) is -0.246. The van der Waals surface area contributed by atoms with E-state index < -0.39 is 35.3 Å². The molecule has 0 radical (unpaired) electrons. The maximum absolute atomic E-state index is 13.3. The molecule has 2 aliphatic heterocycles. The highest BCUT2D eigenvalue weighted by molar-refractivity contribution is 7.41. The number of carbonyl (C=O) groups excluding carboxylic acids is 2. The fourth-order valence-electron chi connectivity index (χ4n) is 8.40. The zero-order valence-corrected chi connectivity index (χ0v) is 23.2. The monoisotopic (exact) mass is 524 g/mol. The van der Waals surface area contributed by atoms with Gasteiger partial charge in [0, 0.05) is 11.8 Å². The van der Waals surface area contributed by atoms with Gasteiger partial charge in [-0.3, -0.25) is 0 Å². The topological polar surface area (TPSA) is 61.8 Å². The smallest absolute Gasteiger partial charge is 0.338 e. The van der Waals surface area contributed by atoms with Crippen LogP contribution in [0.1, 0.15) is 53.8 Å². The van der Waals surface area contributed by atoms with Crippen molar-refractivity contribution in [1.82, 2.24) is 0 Å². The number of rotatable bonds is 6. The Morgan fingerprint density at radius 3 is 1.50 bits per heavy atom. The molecule has 2 heterocycles. The van der Waals surface area contributed by atoms with Crippen LogP contribution in [0.3, 0.4) is 0 Å². The van der Waals surface area contributed by atoms with Gasteiger partial charge in [-0.05, 0) is 81.0 Å². The van der Waals surface area contributed by atoms with Gasteiger partial charge in [0.15, 0.2) is 12.2 Å².